The molecule has 1 amide bonds. The van der Waals surface area contributed by atoms with Crippen molar-refractivity contribution < 1.29 is 9.18 Å². The smallest absolute Gasteiger partial charge is 0.269 e. The van der Waals surface area contributed by atoms with Gasteiger partial charge in [-0.2, -0.15) is 10.2 Å². The Labute approximate surface area is 146 Å². The summed E-state index contributed by atoms with van der Waals surface area (Å²) in [6.07, 6.45) is 1.70. The van der Waals surface area contributed by atoms with Crippen LogP contribution in [0.1, 0.15) is 23.1 Å². The van der Waals surface area contributed by atoms with E-state index in [-0.39, 0.29) is 11.7 Å². The van der Waals surface area contributed by atoms with E-state index >= 15 is 0 Å². The molecule has 2 N–H and O–H groups in total. The number of hydrogen-bond acceptors (Lipinski definition) is 3. The van der Waals surface area contributed by atoms with Crippen molar-refractivity contribution in [3.05, 3.63) is 58.2 Å². The minimum atomic E-state index is -0.314. The molecular formula is C16H15BrFN5O. The van der Waals surface area contributed by atoms with Crippen molar-refractivity contribution >= 4 is 21.8 Å². The third kappa shape index (κ3) is 3.38. The first-order valence-corrected chi connectivity index (χ1v) is 8.17. The van der Waals surface area contributed by atoms with Crippen LogP contribution in [-0.2, 0) is 13.1 Å². The van der Waals surface area contributed by atoms with Crippen LogP contribution in [-0.4, -0.2) is 25.9 Å². The lowest BCUT2D eigenvalue weighted by molar-refractivity contribution is 0.0945. The molecule has 0 unspecified atom stereocenters. The third-order valence-electron chi connectivity index (χ3n) is 3.58. The summed E-state index contributed by atoms with van der Waals surface area (Å²) in [4.78, 5) is 12.3. The zero-order valence-corrected chi connectivity index (χ0v) is 14.5. The molecule has 0 fully saturated rings. The Kier molecular flexibility index (Phi) is 4.75. The fourth-order valence-electron chi connectivity index (χ4n) is 2.30. The number of halogens is 2. The lowest BCUT2D eigenvalue weighted by atomic mass is 10.1. The normalized spacial score (nSPS) is 10.8. The van der Waals surface area contributed by atoms with Crippen LogP contribution in [0, 0.1) is 5.82 Å². The number of H-pyrrole nitrogens is 1. The largest absolute Gasteiger partial charge is 0.345 e. The predicted octanol–water partition coefficient (Wildman–Crippen LogP) is 3.12. The number of nitrogens with zero attached hydrogens (tertiary/aromatic N) is 3. The summed E-state index contributed by atoms with van der Waals surface area (Å²) < 4.78 is 15.6. The Bertz CT molecular complexity index is 856. The summed E-state index contributed by atoms with van der Waals surface area (Å²) in [5, 5.41) is 13.8. The van der Waals surface area contributed by atoms with Gasteiger partial charge in [-0.1, -0.05) is 0 Å². The van der Waals surface area contributed by atoms with Crippen LogP contribution in [0.3, 0.4) is 0 Å². The molecule has 1 aromatic carbocycles. The number of benzene rings is 1. The van der Waals surface area contributed by atoms with Gasteiger partial charge in [0.25, 0.3) is 5.91 Å². The lowest BCUT2D eigenvalue weighted by Gasteiger charge is -2.06. The molecule has 0 saturated heterocycles. The number of carbonyl (C=O) groups is 1. The number of aromatic nitrogens is 4. The van der Waals surface area contributed by atoms with Crippen LogP contribution >= 0.6 is 15.9 Å². The number of amides is 1. The highest BCUT2D eigenvalue weighted by Gasteiger charge is 2.13. The van der Waals surface area contributed by atoms with E-state index in [9.17, 15) is 9.18 Å². The van der Waals surface area contributed by atoms with E-state index in [0.29, 0.717) is 17.9 Å². The summed E-state index contributed by atoms with van der Waals surface area (Å²) in [7, 11) is 0. The van der Waals surface area contributed by atoms with Crippen molar-refractivity contribution in [1.82, 2.24) is 25.3 Å². The minimum Gasteiger partial charge on any atom is -0.345 e. The van der Waals surface area contributed by atoms with E-state index in [1.54, 1.807) is 29.1 Å². The molecule has 8 heteroatoms. The van der Waals surface area contributed by atoms with Crippen LogP contribution in [0.15, 0.2) is 41.0 Å². The third-order valence-corrected chi connectivity index (χ3v) is 4.24. The highest BCUT2D eigenvalue weighted by Crippen LogP contribution is 2.19. The number of aryl methyl sites for hydroxylation is 1. The highest BCUT2D eigenvalue weighted by molar-refractivity contribution is 9.10. The van der Waals surface area contributed by atoms with E-state index in [2.05, 4.69) is 36.5 Å². The Balaban J connectivity index is 1.70. The molecular weight excluding hydrogens is 377 g/mol. The number of aromatic amines is 1. The Morgan fingerprint density at radius 1 is 1.38 bits per heavy atom. The van der Waals surface area contributed by atoms with E-state index in [1.165, 1.54) is 12.1 Å². The van der Waals surface area contributed by atoms with Gasteiger partial charge in [-0.3, -0.25) is 14.6 Å². The van der Waals surface area contributed by atoms with Crippen LogP contribution in [0.2, 0.25) is 0 Å². The molecule has 3 rings (SSSR count). The fraction of sp³-hybridized carbons (Fsp3) is 0.188. The summed E-state index contributed by atoms with van der Waals surface area (Å²) >= 11 is 3.42. The minimum absolute atomic E-state index is 0.272. The maximum Gasteiger partial charge on any atom is 0.269 e. The second-order valence-electron chi connectivity index (χ2n) is 5.11. The summed E-state index contributed by atoms with van der Waals surface area (Å²) in [6.45, 7) is 3.04. The molecule has 6 nitrogen and oxygen atoms in total. The predicted molar refractivity (Wildman–Crippen MR) is 90.8 cm³/mol. The molecule has 2 heterocycles. The van der Waals surface area contributed by atoms with Crippen LogP contribution in [0.5, 0.6) is 0 Å². The van der Waals surface area contributed by atoms with Crippen molar-refractivity contribution in [2.24, 2.45) is 0 Å². The van der Waals surface area contributed by atoms with Gasteiger partial charge in [0.1, 0.15) is 11.5 Å². The van der Waals surface area contributed by atoms with E-state index < -0.39 is 0 Å². The number of nitrogens with one attached hydrogen (secondary N) is 2. The molecule has 2 aromatic heterocycles. The summed E-state index contributed by atoms with van der Waals surface area (Å²) in [6, 6.07) is 7.57. The molecule has 3 aromatic rings. The number of hydrogen-bond donors (Lipinski definition) is 2. The molecule has 0 aliphatic carbocycles. The van der Waals surface area contributed by atoms with Gasteiger partial charge < -0.3 is 5.32 Å². The van der Waals surface area contributed by atoms with Crippen molar-refractivity contribution in [2.45, 2.75) is 20.0 Å². The SMILES string of the molecule is CCn1ncc(Br)c1CNC(=O)c1cc(-c2ccc(F)cc2)n[nH]1. The maximum absolute atomic E-state index is 13.0. The highest BCUT2D eigenvalue weighted by atomic mass is 79.9. The summed E-state index contributed by atoms with van der Waals surface area (Å²) in [5.41, 5.74) is 2.55. The fourth-order valence-corrected chi connectivity index (χ4v) is 2.74. The summed E-state index contributed by atoms with van der Waals surface area (Å²) in [5.74, 6) is -0.586. The molecule has 124 valence electrons. The van der Waals surface area contributed by atoms with Crippen molar-refractivity contribution in [2.75, 3.05) is 0 Å². The average Bonchev–Trinajstić information content (AvgIpc) is 3.20. The molecule has 0 atom stereocenters. The number of carbonyl (C=O) groups excluding carboxylic acids is 1. The van der Waals surface area contributed by atoms with Crippen molar-refractivity contribution in [1.29, 1.82) is 0 Å². The quantitative estimate of drug-likeness (QED) is 0.701. The van der Waals surface area contributed by atoms with Crippen molar-refractivity contribution in [3.8, 4) is 11.3 Å². The van der Waals surface area contributed by atoms with Gasteiger partial charge >= 0.3 is 0 Å². The van der Waals surface area contributed by atoms with Crippen LogP contribution in [0.25, 0.3) is 11.3 Å². The van der Waals surface area contributed by atoms with Crippen LogP contribution < -0.4 is 5.32 Å². The van der Waals surface area contributed by atoms with Gasteiger partial charge in [-0.25, -0.2) is 4.39 Å². The molecule has 0 saturated carbocycles. The second-order valence-corrected chi connectivity index (χ2v) is 5.97. The van der Waals surface area contributed by atoms with E-state index in [4.69, 9.17) is 0 Å². The van der Waals surface area contributed by atoms with E-state index in [1.807, 2.05) is 6.92 Å². The van der Waals surface area contributed by atoms with Gasteiger partial charge in [0.05, 0.1) is 28.6 Å². The first kappa shape index (κ1) is 16.4. The molecule has 0 aliphatic rings. The molecule has 0 radical (unpaired) electrons. The lowest BCUT2D eigenvalue weighted by Crippen LogP contribution is -2.25. The van der Waals surface area contributed by atoms with E-state index in [0.717, 1.165) is 22.3 Å². The molecule has 0 aliphatic heterocycles. The van der Waals surface area contributed by atoms with Gasteiger partial charge in [0, 0.05) is 12.1 Å². The second kappa shape index (κ2) is 6.96. The van der Waals surface area contributed by atoms with Gasteiger partial charge in [0.15, 0.2) is 0 Å². The average molecular weight is 392 g/mol. The Morgan fingerprint density at radius 3 is 2.83 bits per heavy atom. The number of rotatable bonds is 5. The van der Waals surface area contributed by atoms with Gasteiger partial charge in [0.2, 0.25) is 0 Å². The Morgan fingerprint density at radius 2 is 2.12 bits per heavy atom. The monoisotopic (exact) mass is 391 g/mol. The zero-order chi connectivity index (χ0) is 17.1. The standard InChI is InChI=1S/C16H15BrFN5O/c1-2-23-15(12(17)8-20-23)9-19-16(24)14-7-13(21-22-14)10-3-5-11(18)6-4-10/h3-8H,2,9H2,1H3,(H,19,24)(H,21,22). The zero-order valence-electron chi connectivity index (χ0n) is 12.9. The molecule has 0 bridgehead atoms. The van der Waals surface area contributed by atoms with Crippen LogP contribution in [0.4, 0.5) is 4.39 Å². The van der Waals surface area contributed by atoms with Gasteiger partial charge in [-0.05, 0) is 53.2 Å². The Hall–Kier alpha value is -2.48. The maximum atomic E-state index is 13.0. The first-order chi connectivity index (χ1) is 11.6. The first-order valence-electron chi connectivity index (χ1n) is 7.38. The van der Waals surface area contributed by atoms with Crippen molar-refractivity contribution in [3.63, 3.8) is 0 Å². The topological polar surface area (TPSA) is 75.6 Å². The molecule has 24 heavy (non-hydrogen) atoms. The molecule has 0 spiro atoms. The van der Waals surface area contributed by atoms with Gasteiger partial charge in [-0.15, -0.1) is 0 Å².